The molecule has 2 aromatic heterocycles. The minimum absolute atomic E-state index is 0.0894. The van der Waals surface area contributed by atoms with Gasteiger partial charge in [0.15, 0.2) is 0 Å². The van der Waals surface area contributed by atoms with Crippen molar-refractivity contribution in [3.8, 4) is 11.5 Å². The Kier molecular flexibility index (Phi) is 19.6. The van der Waals surface area contributed by atoms with E-state index >= 15 is 0 Å². The van der Waals surface area contributed by atoms with Gasteiger partial charge in [-0.2, -0.15) is 4.98 Å². The minimum atomic E-state index is -0.278. The molecule has 0 bridgehead atoms. The molecule has 2 aliphatic rings. The summed E-state index contributed by atoms with van der Waals surface area (Å²) in [6.07, 6.45) is 11.7. The fourth-order valence-electron chi connectivity index (χ4n) is 7.65. The molecule has 2 aliphatic heterocycles. The summed E-state index contributed by atoms with van der Waals surface area (Å²) in [5, 5.41) is 15.3. The predicted octanol–water partition coefficient (Wildman–Crippen LogP) is 10.3. The van der Waals surface area contributed by atoms with Crippen molar-refractivity contribution in [3.05, 3.63) is 162 Å². The van der Waals surface area contributed by atoms with Crippen molar-refractivity contribution < 1.29 is 28.7 Å². The van der Waals surface area contributed by atoms with Gasteiger partial charge in [-0.15, -0.1) is 0 Å². The van der Waals surface area contributed by atoms with Gasteiger partial charge < -0.3 is 51.6 Å². The van der Waals surface area contributed by atoms with Crippen LogP contribution in [0.25, 0.3) is 11.1 Å². The largest absolute Gasteiger partial charge is 0.495 e. The molecule has 4 amide bonds. The third-order valence-corrected chi connectivity index (χ3v) is 12.0. The van der Waals surface area contributed by atoms with Crippen molar-refractivity contribution in [2.45, 2.75) is 40.5 Å². The highest BCUT2D eigenvalue weighted by Crippen LogP contribution is 2.34. The van der Waals surface area contributed by atoms with E-state index in [0.29, 0.717) is 65.8 Å². The molecule has 4 heterocycles. The minimum Gasteiger partial charge on any atom is -0.495 e. The Morgan fingerprint density at radius 2 is 1.12 bits per heavy atom. The monoisotopic (exact) mass is 1030 g/mol. The number of amides is 4. The number of hydrogen-bond acceptors (Lipinski definition) is 14. The normalized spacial score (nSPS) is 12.6. The molecule has 0 atom stereocenters. The van der Waals surface area contributed by atoms with E-state index in [1.165, 1.54) is 23.3 Å². The van der Waals surface area contributed by atoms with Gasteiger partial charge in [0.25, 0.3) is 0 Å². The Balaban J connectivity index is 0.000000202. The number of anilines is 9. The first-order valence-electron chi connectivity index (χ1n) is 23.8. The summed E-state index contributed by atoms with van der Waals surface area (Å²) in [7, 11) is 3.24. The predicted molar refractivity (Wildman–Crippen MR) is 299 cm³/mol. The first-order chi connectivity index (χ1) is 36.0. The van der Waals surface area contributed by atoms with Crippen molar-refractivity contribution in [3.63, 3.8) is 0 Å². The van der Waals surface area contributed by atoms with Gasteiger partial charge in [-0.25, -0.2) is 15.0 Å². The zero-order chi connectivity index (χ0) is 54.0. The number of hydrogen-bond donors (Lipinski definition) is 6. The van der Waals surface area contributed by atoms with Crippen LogP contribution in [-0.4, -0.2) is 93.8 Å². The van der Waals surface area contributed by atoms with Crippen LogP contribution >= 0.6 is 11.6 Å². The molecule has 0 unspecified atom stereocenters. The number of rotatable bonds is 14. The number of ether oxygens (including phenoxy) is 2. The van der Waals surface area contributed by atoms with Gasteiger partial charge in [-0.1, -0.05) is 49.6 Å². The van der Waals surface area contributed by atoms with Gasteiger partial charge in [0.05, 0.1) is 25.6 Å². The maximum absolute atomic E-state index is 11.6. The lowest BCUT2D eigenvalue weighted by molar-refractivity contribution is -0.129. The quantitative estimate of drug-likeness (QED) is 0.0339. The van der Waals surface area contributed by atoms with Crippen LogP contribution < -0.4 is 41.8 Å². The SMILES string of the molecule is C=CC(=O)Nc1cccc(Nc2nc(Cl)ncc2C)c1.C=CC(=O)Nc1cccc(Nc2nc(Nc3ccc(C4=CCN(C(C)=O)CC4)cc3OC)ncc2C)c1.COc1cc(C2=CCN(C(C)=O)CC2)ccc1N. The van der Waals surface area contributed by atoms with Crippen LogP contribution in [0.1, 0.15) is 48.9 Å². The number of aromatic nitrogens is 4. The summed E-state index contributed by atoms with van der Waals surface area (Å²) in [4.78, 5) is 66.5. The second-order valence-corrected chi connectivity index (χ2v) is 17.4. The molecule has 0 saturated carbocycles. The van der Waals surface area contributed by atoms with Crippen LogP contribution in [0.3, 0.4) is 0 Å². The summed E-state index contributed by atoms with van der Waals surface area (Å²) >= 11 is 5.77. The zero-order valence-corrected chi connectivity index (χ0v) is 43.5. The van der Waals surface area contributed by atoms with E-state index in [9.17, 15) is 19.2 Å². The maximum atomic E-state index is 11.6. The Morgan fingerprint density at radius 3 is 1.60 bits per heavy atom. The molecule has 6 aromatic rings. The second kappa shape index (κ2) is 26.6. The van der Waals surface area contributed by atoms with Crippen LogP contribution in [0.2, 0.25) is 5.28 Å². The van der Waals surface area contributed by atoms with Crippen molar-refractivity contribution in [1.29, 1.82) is 0 Å². The molecule has 388 valence electrons. The third-order valence-electron chi connectivity index (χ3n) is 11.8. The number of carbonyl (C=O) groups excluding carboxylic acids is 4. The highest BCUT2D eigenvalue weighted by Gasteiger charge is 2.18. The number of benzene rings is 4. The molecule has 18 nitrogen and oxygen atoms in total. The van der Waals surface area contributed by atoms with Crippen molar-refractivity contribution in [2.24, 2.45) is 0 Å². The van der Waals surface area contributed by atoms with Gasteiger partial charge in [0.2, 0.25) is 34.9 Å². The van der Waals surface area contributed by atoms with E-state index in [-0.39, 0.29) is 28.9 Å². The molecule has 8 rings (SSSR count). The van der Waals surface area contributed by atoms with Crippen LogP contribution in [0.5, 0.6) is 11.5 Å². The summed E-state index contributed by atoms with van der Waals surface area (Å²) in [6.45, 7) is 16.6. The standard InChI is InChI=1S/C28H30N6O3.C14H13ClN4O.C14H18N2O2/c1-5-26(36)30-22-7-6-8-23(16-22)31-27-18(2)17-29-28(33-27)32-24-10-9-21(15-25(24)37-4)20-11-13-34(14-12-20)19(3)35;1-3-12(20)17-10-5-4-6-11(7-10)18-13-9(2)8-16-14(15)19-13;1-10(17)16-7-5-11(6-8-16)12-3-4-13(15)14(9-12)18-2/h5-11,15-17H,1,12-14H2,2-4H3,(H,30,36)(H2,29,31,32,33);3-8H,1H2,2H3,(H,17,20)(H,16,18,19);3-5,9H,6-8,15H2,1-2H3. The topological polar surface area (TPSA) is 231 Å². The fourth-order valence-corrected chi connectivity index (χ4v) is 7.78. The Morgan fingerprint density at radius 1 is 0.640 bits per heavy atom. The van der Waals surface area contributed by atoms with Crippen molar-refractivity contribution >= 4 is 98.1 Å². The Bertz CT molecular complexity index is 3140. The van der Waals surface area contributed by atoms with Gasteiger partial charge in [-0.3, -0.25) is 19.2 Å². The smallest absolute Gasteiger partial charge is 0.247 e. The number of nitrogen functional groups attached to an aromatic ring is 1. The van der Waals surface area contributed by atoms with E-state index in [2.05, 4.69) is 71.8 Å². The van der Waals surface area contributed by atoms with Crippen LogP contribution in [0.15, 0.2) is 135 Å². The van der Waals surface area contributed by atoms with Crippen LogP contribution in [-0.2, 0) is 19.2 Å². The van der Waals surface area contributed by atoms with E-state index in [4.69, 9.17) is 26.8 Å². The summed E-state index contributed by atoms with van der Waals surface area (Å²) in [5.41, 5.74) is 16.4. The average Bonchev–Trinajstić information content (AvgIpc) is 3.41. The number of nitrogens with zero attached hydrogens (tertiary/aromatic N) is 6. The van der Waals surface area contributed by atoms with E-state index < -0.39 is 0 Å². The first kappa shape index (κ1) is 55.3. The molecule has 0 spiro atoms. The lowest BCUT2D eigenvalue weighted by Crippen LogP contribution is -2.32. The molecule has 0 radical (unpaired) electrons. The Labute approximate surface area is 441 Å². The Hall–Kier alpha value is -9.03. The molecule has 0 fully saturated rings. The number of halogens is 1. The van der Waals surface area contributed by atoms with Crippen LogP contribution in [0.4, 0.5) is 51.7 Å². The molecule has 75 heavy (non-hydrogen) atoms. The molecule has 4 aromatic carbocycles. The molecular formula is C56H61ClN12O6. The first-order valence-corrected chi connectivity index (χ1v) is 24.2. The molecule has 0 aliphatic carbocycles. The highest BCUT2D eigenvalue weighted by atomic mass is 35.5. The lowest BCUT2D eigenvalue weighted by Gasteiger charge is -2.25. The van der Waals surface area contributed by atoms with E-state index in [1.807, 2.05) is 90.4 Å². The second-order valence-electron chi connectivity index (χ2n) is 17.1. The zero-order valence-electron chi connectivity index (χ0n) is 42.8. The fraction of sp³-hybridized carbons (Fsp3) is 0.214. The number of methoxy groups -OCH3 is 2. The van der Waals surface area contributed by atoms with E-state index in [1.54, 1.807) is 58.7 Å². The average molecular weight is 1030 g/mol. The van der Waals surface area contributed by atoms with Crippen LogP contribution in [0, 0.1) is 13.8 Å². The van der Waals surface area contributed by atoms with E-state index in [0.717, 1.165) is 58.7 Å². The van der Waals surface area contributed by atoms with Crippen molar-refractivity contribution in [1.82, 2.24) is 29.7 Å². The van der Waals surface area contributed by atoms with Gasteiger partial charge >= 0.3 is 0 Å². The molecular weight excluding hydrogens is 972 g/mol. The summed E-state index contributed by atoms with van der Waals surface area (Å²) in [5.74, 6) is 2.69. The van der Waals surface area contributed by atoms with Gasteiger partial charge in [-0.05, 0) is 133 Å². The number of carbonyl (C=O) groups is 4. The maximum Gasteiger partial charge on any atom is 0.247 e. The number of aryl methyl sites for hydroxylation is 2. The molecule has 7 N–H and O–H groups in total. The van der Waals surface area contributed by atoms with Crippen molar-refractivity contribution in [2.75, 3.05) is 72.7 Å². The summed E-state index contributed by atoms with van der Waals surface area (Å²) in [6, 6.07) is 26.3. The number of nitrogens with one attached hydrogen (secondary N) is 5. The molecule has 19 heteroatoms. The lowest BCUT2D eigenvalue weighted by atomic mass is 9.99. The highest BCUT2D eigenvalue weighted by molar-refractivity contribution is 6.28. The van der Waals surface area contributed by atoms with Gasteiger partial charge in [0, 0.05) is 86.3 Å². The molecule has 0 saturated heterocycles. The number of nitrogens with two attached hydrogens (primary N) is 1. The van der Waals surface area contributed by atoms with Gasteiger partial charge in [0.1, 0.15) is 23.1 Å². The summed E-state index contributed by atoms with van der Waals surface area (Å²) < 4.78 is 10.9. The third kappa shape index (κ3) is 16.0.